The average Bonchev–Trinajstić information content (AvgIpc) is 3.21. The standard InChI is InChI=1S/C16H20N8O2S/c1-9-12(18-21-27-9)16(26)23-5-4-22-6-7-24-13(11(22)8-23)19-20-14(24)15(25)17-10-2-3-10/h10-11H,2-8H2,1H3,(H,17,25). The fraction of sp³-hybridized carbons (Fsp3) is 0.625. The molecule has 0 radical (unpaired) electrons. The fourth-order valence-electron chi connectivity index (χ4n) is 3.75. The van der Waals surface area contributed by atoms with Crippen LogP contribution >= 0.6 is 11.5 Å². The molecule has 2 aromatic heterocycles. The summed E-state index contributed by atoms with van der Waals surface area (Å²) in [5.41, 5.74) is 0.426. The highest BCUT2D eigenvalue weighted by molar-refractivity contribution is 7.05. The molecule has 3 aliphatic rings. The highest BCUT2D eigenvalue weighted by atomic mass is 32.1. The van der Waals surface area contributed by atoms with Crippen molar-refractivity contribution < 1.29 is 9.59 Å². The molecule has 2 aliphatic heterocycles. The van der Waals surface area contributed by atoms with Gasteiger partial charge in [0.15, 0.2) is 11.5 Å². The number of carbonyl (C=O) groups is 2. The van der Waals surface area contributed by atoms with E-state index in [-0.39, 0.29) is 23.9 Å². The van der Waals surface area contributed by atoms with Gasteiger partial charge in [-0.15, -0.1) is 15.3 Å². The van der Waals surface area contributed by atoms with Crippen molar-refractivity contribution in [3.8, 4) is 0 Å². The zero-order valence-corrected chi connectivity index (χ0v) is 15.8. The lowest BCUT2D eigenvalue weighted by molar-refractivity contribution is 0.0368. The summed E-state index contributed by atoms with van der Waals surface area (Å²) in [4.78, 5) is 30.2. The monoisotopic (exact) mass is 388 g/mol. The number of nitrogens with one attached hydrogen (secondary N) is 1. The van der Waals surface area contributed by atoms with Crippen LogP contribution in [0.15, 0.2) is 0 Å². The Hall–Kier alpha value is -2.40. The number of fused-ring (bicyclic) bond motifs is 3. The molecule has 11 heteroatoms. The minimum Gasteiger partial charge on any atom is -0.347 e. The van der Waals surface area contributed by atoms with Crippen LogP contribution in [-0.2, 0) is 6.54 Å². The lowest BCUT2D eigenvalue weighted by atomic mass is 10.1. The van der Waals surface area contributed by atoms with E-state index in [9.17, 15) is 9.59 Å². The number of carbonyl (C=O) groups excluding carboxylic acids is 2. The van der Waals surface area contributed by atoms with E-state index >= 15 is 0 Å². The van der Waals surface area contributed by atoms with E-state index in [0.29, 0.717) is 31.2 Å². The van der Waals surface area contributed by atoms with Gasteiger partial charge in [-0.2, -0.15) is 0 Å². The van der Waals surface area contributed by atoms with Crippen molar-refractivity contribution in [2.75, 3.05) is 26.2 Å². The summed E-state index contributed by atoms with van der Waals surface area (Å²) in [6, 6.07) is 0.224. The second-order valence-electron chi connectivity index (χ2n) is 7.26. The number of nitrogens with zero attached hydrogens (tertiary/aromatic N) is 7. The van der Waals surface area contributed by atoms with E-state index in [1.807, 2.05) is 11.5 Å². The van der Waals surface area contributed by atoms with Crippen LogP contribution in [0.3, 0.4) is 0 Å². The normalized spacial score (nSPS) is 22.3. The van der Waals surface area contributed by atoms with Crippen molar-refractivity contribution in [1.29, 1.82) is 0 Å². The van der Waals surface area contributed by atoms with Crippen molar-refractivity contribution >= 4 is 23.3 Å². The largest absolute Gasteiger partial charge is 0.347 e. The first kappa shape index (κ1) is 16.8. The molecule has 4 heterocycles. The minimum atomic E-state index is -0.155. The van der Waals surface area contributed by atoms with E-state index in [1.165, 1.54) is 11.5 Å². The van der Waals surface area contributed by atoms with Gasteiger partial charge < -0.3 is 14.8 Å². The Morgan fingerprint density at radius 2 is 1.93 bits per heavy atom. The van der Waals surface area contributed by atoms with E-state index in [0.717, 1.165) is 36.6 Å². The van der Waals surface area contributed by atoms with Gasteiger partial charge in [-0.25, -0.2) is 0 Å². The van der Waals surface area contributed by atoms with E-state index in [4.69, 9.17) is 0 Å². The SMILES string of the molecule is Cc1snnc1C(=O)N1CCN2CCn3c(C(=O)NC4CC4)nnc3C2C1. The van der Waals surface area contributed by atoms with Gasteiger partial charge >= 0.3 is 0 Å². The zero-order chi connectivity index (χ0) is 18.5. The van der Waals surface area contributed by atoms with Gasteiger partial charge in [0.25, 0.3) is 11.8 Å². The Bertz CT molecular complexity index is 904. The smallest absolute Gasteiger partial charge is 0.289 e. The Balaban J connectivity index is 1.38. The molecule has 2 fully saturated rings. The van der Waals surface area contributed by atoms with Crippen molar-refractivity contribution in [3.05, 3.63) is 22.2 Å². The number of amides is 2. The fourth-order valence-corrected chi connectivity index (χ4v) is 4.21. The summed E-state index contributed by atoms with van der Waals surface area (Å²) < 4.78 is 5.77. The van der Waals surface area contributed by atoms with Gasteiger partial charge in [0, 0.05) is 38.8 Å². The van der Waals surface area contributed by atoms with Gasteiger partial charge in [0.2, 0.25) is 5.82 Å². The maximum absolute atomic E-state index is 12.8. The highest BCUT2D eigenvalue weighted by Gasteiger charge is 2.39. The number of hydrogen-bond donors (Lipinski definition) is 1. The summed E-state index contributed by atoms with van der Waals surface area (Å²) in [6.45, 7) is 5.29. The van der Waals surface area contributed by atoms with Crippen molar-refractivity contribution in [1.82, 2.24) is 39.5 Å². The second-order valence-corrected chi connectivity index (χ2v) is 8.22. The molecule has 27 heavy (non-hydrogen) atoms. The lowest BCUT2D eigenvalue weighted by Crippen LogP contribution is -2.54. The van der Waals surface area contributed by atoms with Gasteiger partial charge in [-0.05, 0) is 31.3 Å². The van der Waals surface area contributed by atoms with E-state index in [1.54, 1.807) is 4.90 Å². The first-order valence-electron chi connectivity index (χ1n) is 9.18. The lowest BCUT2D eigenvalue weighted by Gasteiger charge is -2.43. The second kappa shape index (κ2) is 6.34. The number of piperazine rings is 1. The Morgan fingerprint density at radius 3 is 2.67 bits per heavy atom. The number of hydrogen-bond acceptors (Lipinski definition) is 8. The summed E-state index contributed by atoms with van der Waals surface area (Å²) in [7, 11) is 0. The van der Waals surface area contributed by atoms with Crippen molar-refractivity contribution in [3.63, 3.8) is 0 Å². The molecule has 0 spiro atoms. The minimum absolute atomic E-state index is 0.0571. The molecule has 5 rings (SSSR count). The number of aryl methyl sites for hydroxylation is 1. The quantitative estimate of drug-likeness (QED) is 0.778. The predicted octanol–water partition coefficient (Wildman–Crippen LogP) is -0.157. The summed E-state index contributed by atoms with van der Waals surface area (Å²) >= 11 is 1.23. The van der Waals surface area contributed by atoms with Crippen LogP contribution in [0.2, 0.25) is 0 Å². The van der Waals surface area contributed by atoms with Crippen LogP contribution in [0.1, 0.15) is 50.7 Å². The molecule has 0 bridgehead atoms. The van der Waals surface area contributed by atoms with Crippen LogP contribution in [0.5, 0.6) is 0 Å². The topological polar surface area (TPSA) is 109 Å². The van der Waals surface area contributed by atoms with Gasteiger partial charge in [-0.3, -0.25) is 14.5 Å². The Labute approximate surface area is 159 Å². The van der Waals surface area contributed by atoms with Gasteiger partial charge in [-0.1, -0.05) is 4.49 Å². The van der Waals surface area contributed by atoms with Crippen LogP contribution in [0.25, 0.3) is 0 Å². The third-order valence-electron chi connectivity index (χ3n) is 5.44. The molecular weight excluding hydrogens is 368 g/mol. The van der Waals surface area contributed by atoms with Crippen molar-refractivity contribution in [2.24, 2.45) is 0 Å². The van der Waals surface area contributed by atoms with Crippen LogP contribution in [0.4, 0.5) is 0 Å². The zero-order valence-electron chi connectivity index (χ0n) is 15.0. The van der Waals surface area contributed by atoms with Crippen LogP contribution in [0, 0.1) is 6.92 Å². The molecule has 1 aliphatic carbocycles. The first-order valence-corrected chi connectivity index (χ1v) is 9.95. The molecule has 1 unspecified atom stereocenters. The molecule has 2 amide bonds. The highest BCUT2D eigenvalue weighted by Crippen LogP contribution is 2.29. The molecule has 142 valence electrons. The molecule has 1 atom stereocenters. The maximum Gasteiger partial charge on any atom is 0.289 e. The molecule has 10 nitrogen and oxygen atoms in total. The van der Waals surface area contributed by atoms with Crippen molar-refractivity contribution in [2.45, 2.75) is 38.4 Å². The average molecular weight is 388 g/mol. The summed E-state index contributed by atoms with van der Waals surface area (Å²) in [5.74, 6) is 0.884. The molecule has 1 N–H and O–H groups in total. The summed E-state index contributed by atoms with van der Waals surface area (Å²) in [5, 5.41) is 15.4. The first-order chi connectivity index (χ1) is 13.1. The van der Waals surface area contributed by atoms with Gasteiger partial charge in [0.1, 0.15) is 0 Å². The third-order valence-corrected chi connectivity index (χ3v) is 6.07. The van der Waals surface area contributed by atoms with E-state index < -0.39 is 0 Å². The molecular formula is C16H20N8O2S. The predicted molar refractivity (Wildman–Crippen MR) is 95.4 cm³/mol. The van der Waals surface area contributed by atoms with Crippen LogP contribution in [-0.4, -0.2) is 78.2 Å². The number of rotatable bonds is 3. The molecule has 2 aromatic rings. The number of aromatic nitrogens is 5. The Kier molecular flexibility index (Phi) is 3.93. The van der Waals surface area contributed by atoms with Crippen LogP contribution < -0.4 is 5.32 Å². The third kappa shape index (κ3) is 2.90. The molecule has 1 saturated carbocycles. The van der Waals surface area contributed by atoms with E-state index in [2.05, 4.69) is 30.0 Å². The van der Waals surface area contributed by atoms with Gasteiger partial charge in [0.05, 0.1) is 10.9 Å². The molecule has 0 aromatic carbocycles. The maximum atomic E-state index is 12.8. The Morgan fingerprint density at radius 1 is 1.11 bits per heavy atom. The summed E-state index contributed by atoms with van der Waals surface area (Å²) in [6.07, 6.45) is 2.07. The molecule has 1 saturated heterocycles.